The van der Waals surface area contributed by atoms with Gasteiger partial charge in [0.25, 0.3) is 0 Å². The van der Waals surface area contributed by atoms with Crippen LogP contribution in [-0.2, 0) is 6.61 Å². The summed E-state index contributed by atoms with van der Waals surface area (Å²) in [6, 6.07) is 15.7. The largest absolute Gasteiger partial charge is 0.497 e. The van der Waals surface area contributed by atoms with Crippen LogP contribution >= 0.6 is 0 Å². The number of rotatable bonds is 4. The lowest BCUT2D eigenvalue weighted by Crippen LogP contribution is -2.01. The third-order valence-electron chi connectivity index (χ3n) is 3.19. The highest BCUT2D eigenvalue weighted by atomic mass is 16.5. The molecule has 3 aromatic rings. The molecule has 0 aliphatic rings. The van der Waals surface area contributed by atoms with E-state index in [-0.39, 0.29) is 0 Å². The van der Waals surface area contributed by atoms with E-state index in [1.807, 2.05) is 55.5 Å². The molecule has 106 valence electrons. The molecule has 4 heteroatoms. The summed E-state index contributed by atoms with van der Waals surface area (Å²) >= 11 is 0. The second-order valence-corrected chi connectivity index (χ2v) is 4.73. The minimum absolute atomic E-state index is 0.442. The predicted octanol–water partition coefficient (Wildman–Crippen LogP) is 3.53. The summed E-state index contributed by atoms with van der Waals surface area (Å²) < 4.78 is 11.1. The monoisotopic (exact) mass is 280 g/mol. The molecule has 0 spiro atoms. The molecule has 1 aromatic heterocycles. The number of methoxy groups -OCH3 is 1. The molecule has 3 rings (SSSR count). The number of hydrogen-bond donors (Lipinski definition) is 0. The van der Waals surface area contributed by atoms with Crippen molar-refractivity contribution in [2.75, 3.05) is 7.11 Å². The summed E-state index contributed by atoms with van der Waals surface area (Å²) in [6.07, 6.45) is 0. The van der Waals surface area contributed by atoms with Gasteiger partial charge in [-0.15, -0.1) is 0 Å². The molecule has 4 nitrogen and oxygen atoms in total. The van der Waals surface area contributed by atoms with Crippen LogP contribution in [0.25, 0.3) is 10.9 Å². The Morgan fingerprint density at radius 2 is 1.86 bits per heavy atom. The van der Waals surface area contributed by atoms with Gasteiger partial charge < -0.3 is 9.47 Å². The predicted molar refractivity (Wildman–Crippen MR) is 81.6 cm³/mol. The van der Waals surface area contributed by atoms with Crippen LogP contribution in [0.15, 0.2) is 48.5 Å². The van der Waals surface area contributed by atoms with Gasteiger partial charge in [0.2, 0.25) is 5.88 Å². The number of ether oxygens (including phenoxy) is 2. The summed E-state index contributed by atoms with van der Waals surface area (Å²) in [5, 5.41) is 0.922. The molecule has 0 fully saturated rings. The quantitative estimate of drug-likeness (QED) is 0.733. The van der Waals surface area contributed by atoms with Gasteiger partial charge in [0.1, 0.15) is 18.2 Å². The third-order valence-corrected chi connectivity index (χ3v) is 3.19. The lowest BCUT2D eigenvalue weighted by Gasteiger charge is -2.09. The fraction of sp³-hybridized carbons (Fsp3) is 0.176. The second-order valence-electron chi connectivity index (χ2n) is 4.73. The van der Waals surface area contributed by atoms with E-state index in [2.05, 4.69) is 9.97 Å². The Labute approximate surface area is 123 Å². The minimum Gasteiger partial charge on any atom is -0.497 e. The van der Waals surface area contributed by atoms with Crippen molar-refractivity contribution in [1.29, 1.82) is 0 Å². The molecule has 0 aliphatic carbocycles. The summed E-state index contributed by atoms with van der Waals surface area (Å²) in [7, 11) is 1.65. The fourth-order valence-corrected chi connectivity index (χ4v) is 2.18. The maximum Gasteiger partial charge on any atom is 0.225 e. The minimum atomic E-state index is 0.442. The highest BCUT2D eigenvalue weighted by Crippen LogP contribution is 2.23. The van der Waals surface area contributed by atoms with Gasteiger partial charge in [0.05, 0.1) is 18.0 Å². The van der Waals surface area contributed by atoms with Crippen molar-refractivity contribution in [2.45, 2.75) is 13.5 Å². The number of aromatic nitrogens is 2. The van der Waals surface area contributed by atoms with Gasteiger partial charge in [0.15, 0.2) is 0 Å². The second kappa shape index (κ2) is 5.79. The molecule has 21 heavy (non-hydrogen) atoms. The third kappa shape index (κ3) is 2.94. The fourth-order valence-electron chi connectivity index (χ4n) is 2.18. The number of aryl methyl sites for hydroxylation is 1. The van der Waals surface area contributed by atoms with Crippen LogP contribution in [0.2, 0.25) is 0 Å². The normalized spacial score (nSPS) is 10.6. The number of fused-ring (bicyclic) bond motifs is 1. The zero-order valence-electron chi connectivity index (χ0n) is 12.0. The Kier molecular flexibility index (Phi) is 3.69. The van der Waals surface area contributed by atoms with E-state index in [4.69, 9.17) is 9.47 Å². The SMILES string of the molecule is COc1cccc(COc2nc(C)nc3ccccc23)c1. The maximum absolute atomic E-state index is 5.88. The molecule has 0 aliphatic heterocycles. The van der Waals surface area contributed by atoms with Crippen molar-refractivity contribution in [1.82, 2.24) is 9.97 Å². The van der Waals surface area contributed by atoms with Crippen LogP contribution in [0, 0.1) is 6.92 Å². The molecule has 0 saturated heterocycles. The molecule has 0 atom stereocenters. The molecule has 0 unspecified atom stereocenters. The van der Waals surface area contributed by atoms with Gasteiger partial charge in [0, 0.05) is 0 Å². The van der Waals surface area contributed by atoms with E-state index in [1.54, 1.807) is 7.11 Å². The van der Waals surface area contributed by atoms with Crippen molar-refractivity contribution in [2.24, 2.45) is 0 Å². The molecule has 0 saturated carbocycles. The first kappa shape index (κ1) is 13.4. The van der Waals surface area contributed by atoms with Gasteiger partial charge >= 0.3 is 0 Å². The first-order valence-electron chi connectivity index (χ1n) is 6.75. The van der Waals surface area contributed by atoms with E-state index in [0.29, 0.717) is 18.3 Å². The number of hydrogen-bond acceptors (Lipinski definition) is 4. The molecule has 2 aromatic carbocycles. The zero-order chi connectivity index (χ0) is 14.7. The van der Waals surface area contributed by atoms with Gasteiger partial charge in [-0.3, -0.25) is 0 Å². The molecule has 1 heterocycles. The number of nitrogens with zero attached hydrogens (tertiary/aromatic N) is 2. The van der Waals surface area contributed by atoms with E-state index < -0.39 is 0 Å². The van der Waals surface area contributed by atoms with Crippen LogP contribution in [0.5, 0.6) is 11.6 Å². The molecular weight excluding hydrogens is 264 g/mol. The molecular formula is C17H16N2O2. The Balaban J connectivity index is 1.87. The average Bonchev–Trinajstić information content (AvgIpc) is 2.52. The lowest BCUT2D eigenvalue weighted by molar-refractivity contribution is 0.296. The molecule has 0 radical (unpaired) electrons. The van der Waals surface area contributed by atoms with Gasteiger partial charge in [-0.1, -0.05) is 24.3 Å². The van der Waals surface area contributed by atoms with Crippen molar-refractivity contribution in [3.63, 3.8) is 0 Å². The van der Waals surface area contributed by atoms with Gasteiger partial charge in [-0.05, 0) is 36.8 Å². The Bertz CT molecular complexity index is 772. The summed E-state index contributed by atoms with van der Waals surface area (Å²) in [6.45, 7) is 2.31. The van der Waals surface area contributed by atoms with Crippen LogP contribution in [0.4, 0.5) is 0 Å². The highest BCUT2D eigenvalue weighted by molar-refractivity contribution is 5.83. The maximum atomic E-state index is 5.88. The average molecular weight is 280 g/mol. The van der Waals surface area contributed by atoms with Crippen molar-refractivity contribution < 1.29 is 9.47 Å². The summed E-state index contributed by atoms with van der Waals surface area (Å²) in [5.41, 5.74) is 1.93. The Hall–Kier alpha value is -2.62. The van der Waals surface area contributed by atoms with Crippen LogP contribution in [-0.4, -0.2) is 17.1 Å². The van der Waals surface area contributed by atoms with E-state index in [0.717, 1.165) is 22.2 Å². The van der Waals surface area contributed by atoms with Crippen LogP contribution in [0.3, 0.4) is 0 Å². The van der Waals surface area contributed by atoms with Crippen molar-refractivity contribution >= 4 is 10.9 Å². The molecule has 0 bridgehead atoms. The van der Waals surface area contributed by atoms with Crippen molar-refractivity contribution in [3.05, 3.63) is 59.9 Å². The van der Waals surface area contributed by atoms with Crippen LogP contribution < -0.4 is 9.47 Å². The van der Waals surface area contributed by atoms with Crippen molar-refractivity contribution in [3.8, 4) is 11.6 Å². The lowest BCUT2D eigenvalue weighted by atomic mass is 10.2. The zero-order valence-corrected chi connectivity index (χ0v) is 12.0. The number of benzene rings is 2. The topological polar surface area (TPSA) is 44.2 Å². The standard InChI is InChI=1S/C17H16N2O2/c1-12-18-16-9-4-3-8-15(16)17(19-12)21-11-13-6-5-7-14(10-13)20-2/h3-10H,11H2,1-2H3. The first-order chi connectivity index (χ1) is 10.3. The first-order valence-corrected chi connectivity index (χ1v) is 6.75. The van der Waals surface area contributed by atoms with E-state index in [9.17, 15) is 0 Å². The van der Waals surface area contributed by atoms with Gasteiger partial charge in [-0.2, -0.15) is 4.98 Å². The van der Waals surface area contributed by atoms with E-state index >= 15 is 0 Å². The number of para-hydroxylation sites is 1. The Morgan fingerprint density at radius 3 is 2.71 bits per heavy atom. The smallest absolute Gasteiger partial charge is 0.225 e. The van der Waals surface area contributed by atoms with Gasteiger partial charge in [-0.25, -0.2) is 4.98 Å². The molecule has 0 amide bonds. The van der Waals surface area contributed by atoms with Crippen LogP contribution in [0.1, 0.15) is 11.4 Å². The van der Waals surface area contributed by atoms with E-state index in [1.165, 1.54) is 0 Å². The summed E-state index contributed by atoms with van der Waals surface area (Å²) in [5.74, 6) is 2.13. The molecule has 0 N–H and O–H groups in total. The summed E-state index contributed by atoms with van der Waals surface area (Å²) in [4.78, 5) is 8.80. The Morgan fingerprint density at radius 1 is 1.00 bits per heavy atom. The highest BCUT2D eigenvalue weighted by Gasteiger charge is 2.07.